The van der Waals surface area contributed by atoms with E-state index in [0.29, 0.717) is 17.8 Å². The van der Waals surface area contributed by atoms with Crippen molar-refractivity contribution >= 4 is 27.7 Å². The van der Waals surface area contributed by atoms with Crippen LogP contribution >= 0.6 is 27.7 Å². The predicted octanol–water partition coefficient (Wildman–Crippen LogP) is 4.35. The summed E-state index contributed by atoms with van der Waals surface area (Å²) >= 11 is 5.41. The fourth-order valence-corrected chi connectivity index (χ4v) is 4.13. The van der Waals surface area contributed by atoms with Gasteiger partial charge in [0.25, 0.3) is 0 Å². The summed E-state index contributed by atoms with van der Waals surface area (Å²) in [6.07, 6.45) is 3.79. The quantitative estimate of drug-likeness (QED) is 0.860. The van der Waals surface area contributed by atoms with Crippen LogP contribution < -0.4 is 5.32 Å². The molecular weight excluding hydrogens is 313 g/mol. The highest BCUT2D eigenvalue weighted by Crippen LogP contribution is 2.30. The molecule has 2 atom stereocenters. The normalized spacial score (nSPS) is 23.5. The molecular formula is C14H19BrFNS. The molecule has 0 spiro atoms. The Balaban J connectivity index is 1.92. The highest BCUT2D eigenvalue weighted by molar-refractivity contribution is 9.10. The molecule has 1 fully saturated rings. The summed E-state index contributed by atoms with van der Waals surface area (Å²) in [5.74, 6) is 1.04. The molecule has 2 unspecified atom stereocenters. The van der Waals surface area contributed by atoms with Gasteiger partial charge >= 0.3 is 0 Å². The van der Waals surface area contributed by atoms with Gasteiger partial charge in [0.05, 0.1) is 0 Å². The van der Waals surface area contributed by atoms with E-state index in [2.05, 4.69) is 28.2 Å². The molecule has 0 aromatic heterocycles. The van der Waals surface area contributed by atoms with Gasteiger partial charge in [0.15, 0.2) is 0 Å². The van der Waals surface area contributed by atoms with Crippen LogP contribution in [0.25, 0.3) is 0 Å². The van der Waals surface area contributed by atoms with Crippen LogP contribution in [-0.4, -0.2) is 17.0 Å². The fourth-order valence-electron chi connectivity index (χ4n) is 2.49. The topological polar surface area (TPSA) is 12.0 Å². The van der Waals surface area contributed by atoms with Gasteiger partial charge in [-0.1, -0.05) is 29.3 Å². The molecule has 0 heterocycles. The second-order valence-corrected chi connectivity index (χ2v) is 7.08. The molecule has 1 nitrogen and oxygen atoms in total. The van der Waals surface area contributed by atoms with Gasteiger partial charge in [0.1, 0.15) is 5.82 Å². The zero-order valence-corrected chi connectivity index (χ0v) is 13.0. The molecule has 1 aliphatic carbocycles. The lowest BCUT2D eigenvalue weighted by Gasteiger charge is -2.20. The molecule has 1 N–H and O–H groups in total. The molecule has 0 bridgehead atoms. The third-order valence-corrected chi connectivity index (χ3v) is 5.21. The minimum Gasteiger partial charge on any atom is -0.309 e. The van der Waals surface area contributed by atoms with Crippen LogP contribution in [0.4, 0.5) is 4.39 Å². The van der Waals surface area contributed by atoms with E-state index in [9.17, 15) is 4.39 Å². The summed E-state index contributed by atoms with van der Waals surface area (Å²) in [6, 6.07) is 5.66. The second-order valence-electron chi connectivity index (χ2n) is 4.65. The Kier molecular flexibility index (Phi) is 5.52. The highest BCUT2D eigenvalue weighted by Gasteiger charge is 2.26. The molecule has 1 aromatic rings. The Hall–Kier alpha value is -0.0600. The maximum absolute atomic E-state index is 13.6. The zero-order chi connectivity index (χ0) is 13.0. The van der Waals surface area contributed by atoms with E-state index < -0.39 is 0 Å². The van der Waals surface area contributed by atoms with Crippen LogP contribution in [0.1, 0.15) is 31.7 Å². The Labute approximate surface area is 121 Å². The first-order valence-corrected chi connectivity index (χ1v) is 8.33. The molecule has 0 radical (unpaired) electrons. The van der Waals surface area contributed by atoms with Gasteiger partial charge in [-0.05, 0) is 36.8 Å². The number of halogens is 2. The van der Waals surface area contributed by atoms with E-state index in [1.165, 1.54) is 25.3 Å². The van der Waals surface area contributed by atoms with Gasteiger partial charge in [0, 0.05) is 27.9 Å². The lowest BCUT2D eigenvalue weighted by molar-refractivity contribution is 0.515. The molecule has 1 aliphatic rings. The van der Waals surface area contributed by atoms with Crippen molar-refractivity contribution in [3.8, 4) is 0 Å². The number of thioether (sulfide) groups is 1. The first-order valence-electron chi connectivity index (χ1n) is 6.49. The molecule has 2 rings (SSSR count). The molecule has 1 saturated carbocycles. The van der Waals surface area contributed by atoms with E-state index in [4.69, 9.17) is 0 Å². The second kappa shape index (κ2) is 6.92. The van der Waals surface area contributed by atoms with E-state index in [0.717, 1.165) is 15.8 Å². The van der Waals surface area contributed by atoms with E-state index >= 15 is 0 Å². The first kappa shape index (κ1) is 14.4. The summed E-state index contributed by atoms with van der Waals surface area (Å²) in [4.78, 5) is 0. The average molecular weight is 332 g/mol. The number of benzene rings is 1. The molecule has 100 valence electrons. The average Bonchev–Trinajstić information content (AvgIpc) is 2.78. The monoisotopic (exact) mass is 331 g/mol. The number of hydrogen-bond donors (Lipinski definition) is 1. The van der Waals surface area contributed by atoms with Crippen molar-refractivity contribution < 1.29 is 4.39 Å². The summed E-state index contributed by atoms with van der Waals surface area (Å²) in [6.45, 7) is 2.82. The highest BCUT2D eigenvalue weighted by atomic mass is 79.9. The van der Waals surface area contributed by atoms with Crippen LogP contribution in [0.2, 0.25) is 0 Å². The fraction of sp³-hybridized carbons (Fsp3) is 0.571. The van der Waals surface area contributed by atoms with E-state index in [-0.39, 0.29) is 5.82 Å². The van der Waals surface area contributed by atoms with E-state index in [1.807, 2.05) is 17.8 Å². The van der Waals surface area contributed by atoms with Gasteiger partial charge in [-0.15, -0.1) is 0 Å². The van der Waals surface area contributed by atoms with Gasteiger partial charge in [0.2, 0.25) is 0 Å². The molecule has 18 heavy (non-hydrogen) atoms. The molecule has 1 aromatic carbocycles. The Morgan fingerprint density at radius 2 is 2.28 bits per heavy atom. The van der Waals surface area contributed by atoms with Gasteiger partial charge in [-0.2, -0.15) is 11.8 Å². The number of nitrogens with one attached hydrogen (secondary N) is 1. The summed E-state index contributed by atoms with van der Waals surface area (Å²) in [7, 11) is 0. The third kappa shape index (κ3) is 3.72. The van der Waals surface area contributed by atoms with Crippen LogP contribution in [0.15, 0.2) is 22.7 Å². The lowest BCUT2D eigenvalue weighted by atomic mass is 10.2. The van der Waals surface area contributed by atoms with Crippen molar-refractivity contribution in [3.05, 3.63) is 34.1 Å². The largest absolute Gasteiger partial charge is 0.309 e. The maximum atomic E-state index is 13.6. The van der Waals surface area contributed by atoms with E-state index in [1.54, 1.807) is 6.07 Å². The molecule has 4 heteroatoms. The third-order valence-electron chi connectivity index (χ3n) is 3.40. The molecule has 0 saturated heterocycles. The number of rotatable bonds is 5. The minimum absolute atomic E-state index is 0.122. The summed E-state index contributed by atoms with van der Waals surface area (Å²) < 4.78 is 14.6. The standard InChI is InChI=1S/C14H19BrFNS/c1-2-18-14-5-3-4-13(14)17-9-10-8-11(15)6-7-12(10)16/h6-8,13-14,17H,2-5,9H2,1H3. The first-order chi connectivity index (χ1) is 8.70. The van der Waals surface area contributed by atoms with Gasteiger partial charge in [-0.25, -0.2) is 4.39 Å². The Morgan fingerprint density at radius 1 is 1.44 bits per heavy atom. The summed E-state index contributed by atoms with van der Waals surface area (Å²) in [5, 5.41) is 4.22. The smallest absolute Gasteiger partial charge is 0.127 e. The number of hydrogen-bond acceptors (Lipinski definition) is 2. The molecule has 0 aliphatic heterocycles. The van der Waals surface area contributed by atoms with Crippen LogP contribution in [-0.2, 0) is 6.54 Å². The maximum Gasteiger partial charge on any atom is 0.127 e. The SMILES string of the molecule is CCSC1CCCC1NCc1cc(Br)ccc1F. The van der Waals surface area contributed by atoms with Crippen molar-refractivity contribution in [2.24, 2.45) is 0 Å². The van der Waals surface area contributed by atoms with Crippen molar-refractivity contribution in [3.63, 3.8) is 0 Å². The predicted molar refractivity (Wildman–Crippen MR) is 80.5 cm³/mol. The summed E-state index contributed by atoms with van der Waals surface area (Å²) in [5.41, 5.74) is 0.747. The minimum atomic E-state index is -0.122. The van der Waals surface area contributed by atoms with Crippen LogP contribution in [0.5, 0.6) is 0 Å². The molecule has 0 amide bonds. The Morgan fingerprint density at radius 3 is 3.06 bits per heavy atom. The lowest BCUT2D eigenvalue weighted by Crippen LogP contribution is -2.33. The van der Waals surface area contributed by atoms with Crippen molar-refractivity contribution in [1.29, 1.82) is 0 Å². The van der Waals surface area contributed by atoms with Crippen molar-refractivity contribution in [2.75, 3.05) is 5.75 Å². The van der Waals surface area contributed by atoms with Crippen molar-refractivity contribution in [1.82, 2.24) is 5.32 Å². The van der Waals surface area contributed by atoms with Crippen LogP contribution in [0, 0.1) is 5.82 Å². The Bertz CT molecular complexity index is 399. The van der Waals surface area contributed by atoms with Gasteiger partial charge < -0.3 is 5.32 Å². The van der Waals surface area contributed by atoms with Gasteiger partial charge in [-0.3, -0.25) is 0 Å². The van der Waals surface area contributed by atoms with Crippen molar-refractivity contribution in [2.45, 2.75) is 44.0 Å². The van der Waals surface area contributed by atoms with Crippen LogP contribution in [0.3, 0.4) is 0 Å². The zero-order valence-electron chi connectivity index (χ0n) is 10.6.